The van der Waals surface area contributed by atoms with E-state index in [1.807, 2.05) is 0 Å². The Balaban J connectivity index is 3.07. The van der Waals surface area contributed by atoms with Crippen molar-refractivity contribution in [3.63, 3.8) is 0 Å². The second-order valence-electron chi connectivity index (χ2n) is 5.47. The molecule has 0 aliphatic carbocycles. The molecule has 0 saturated heterocycles. The molecule has 104 valence electrons. The number of unbranched alkanes of at least 4 members (excludes halogenated alkanes) is 6. The molecule has 17 heavy (non-hydrogen) atoms. The third kappa shape index (κ3) is 14.4. The average molecular weight is 307 g/mol. The van der Waals surface area contributed by atoms with Crippen LogP contribution in [0.2, 0.25) is 0 Å². The highest BCUT2D eigenvalue weighted by molar-refractivity contribution is 9.09. The Kier molecular flexibility index (Phi) is 13.2. The molecule has 1 atom stereocenters. The Morgan fingerprint density at radius 1 is 0.824 bits per heavy atom. The van der Waals surface area contributed by atoms with Crippen molar-refractivity contribution in [2.45, 2.75) is 78.2 Å². The molecule has 0 aliphatic rings. The van der Waals surface area contributed by atoms with Crippen LogP contribution in [0.5, 0.6) is 0 Å². The van der Waals surface area contributed by atoms with Crippen LogP contribution < -0.4 is 0 Å². The van der Waals surface area contributed by atoms with Crippen molar-refractivity contribution in [2.24, 2.45) is 5.92 Å². The van der Waals surface area contributed by atoms with E-state index in [2.05, 4.69) is 36.7 Å². The van der Waals surface area contributed by atoms with Gasteiger partial charge in [0.1, 0.15) is 0 Å². The first-order valence-electron chi connectivity index (χ1n) is 7.34. The average Bonchev–Trinajstić information content (AvgIpc) is 2.26. The molecule has 0 aliphatic heterocycles. The first-order chi connectivity index (χ1) is 8.16. The molecule has 0 amide bonds. The minimum atomic E-state index is 0.439. The topological polar surface area (TPSA) is 9.23 Å². The molecule has 2 heteroatoms. The standard InChI is InChI=1S/C15H31BrO/c1-14(2)13-15(3)17-12-10-8-6-4-5-7-9-11-16/h14-15H,4-13H2,1-3H3. The summed E-state index contributed by atoms with van der Waals surface area (Å²) in [4.78, 5) is 0. The Bertz CT molecular complexity index is 148. The van der Waals surface area contributed by atoms with Gasteiger partial charge in [0.15, 0.2) is 0 Å². The molecule has 0 heterocycles. The molecule has 0 spiro atoms. The number of ether oxygens (including phenoxy) is 1. The van der Waals surface area contributed by atoms with Gasteiger partial charge in [0, 0.05) is 11.9 Å². The maximum absolute atomic E-state index is 5.79. The van der Waals surface area contributed by atoms with Gasteiger partial charge in [-0.3, -0.25) is 0 Å². The van der Waals surface area contributed by atoms with Crippen LogP contribution in [0.3, 0.4) is 0 Å². The lowest BCUT2D eigenvalue weighted by atomic mass is 10.1. The van der Waals surface area contributed by atoms with Gasteiger partial charge in [0.05, 0.1) is 6.10 Å². The molecule has 0 N–H and O–H groups in total. The molecule has 0 aromatic heterocycles. The van der Waals surface area contributed by atoms with Crippen molar-refractivity contribution in [1.82, 2.24) is 0 Å². The molecule has 0 saturated carbocycles. The fraction of sp³-hybridized carbons (Fsp3) is 1.00. The minimum Gasteiger partial charge on any atom is -0.379 e. The molecule has 0 rings (SSSR count). The lowest BCUT2D eigenvalue weighted by Crippen LogP contribution is -2.12. The summed E-state index contributed by atoms with van der Waals surface area (Å²) in [5.41, 5.74) is 0. The van der Waals surface area contributed by atoms with Crippen LogP contribution in [0.1, 0.15) is 72.1 Å². The van der Waals surface area contributed by atoms with Crippen LogP contribution in [-0.2, 0) is 4.74 Å². The minimum absolute atomic E-state index is 0.439. The van der Waals surface area contributed by atoms with Gasteiger partial charge in [0.25, 0.3) is 0 Å². The third-order valence-electron chi connectivity index (χ3n) is 2.98. The highest BCUT2D eigenvalue weighted by Crippen LogP contribution is 2.10. The van der Waals surface area contributed by atoms with Gasteiger partial charge in [0.2, 0.25) is 0 Å². The van der Waals surface area contributed by atoms with E-state index in [1.165, 1.54) is 51.4 Å². The van der Waals surface area contributed by atoms with E-state index in [4.69, 9.17) is 4.74 Å². The number of alkyl halides is 1. The molecular formula is C15H31BrO. The van der Waals surface area contributed by atoms with E-state index in [9.17, 15) is 0 Å². The van der Waals surface area contributed by atoms with Crippen molar-refractivity contribution in [3.8, 4) is 0 Å². The Morgan fingerprint density at radius 2 is 1.35 bits per heavy atom. The Morgan fingerprint density at radius 3 is 1.88 bits per heavy atom. The van der Waals surface area contributed by atoms with Gasteiger partial charge in [-0.05, 0) is 32.1 Å². The van der Waals surface area contributed by atoms with Gasteiger partial charge in [-0.25, -0.2) is 0 Å². The summed E-state index contributed by atoms with van der Waals surface area (Å²) in [7, 11) is 0. The highest BCUT2D eigenvalue weighted by atomic mass is 79.9. The van der Waals surface area contributed by atoms with E-state index in [0.717, 1.165) is 17.9 Å². The fourth-order valence-corrected chi connectivity index (χ4v) is 2.49. The summed E-state index contributed by atoms with van der Waals surface area (Å²) in [6.45, 7) is 7.66. The predicted molar refractivity (Wildman–Crippen MR) is 81.0 cm³/mol. The monoisotopic (exact) mass is 306 g/mol. The molecule has 0 radical (unpaired) electrons. The normalized spacial score (nSPS) is 13.2. The van der Waals surface area contributed by atoms with E-state index >= 15 is 0 Å². The maximum Gasteiger partial charge on any atom is 0.0549 e. The van der Waals surface area contributed by atoms with Gasteiger partial charge >= 0.3 is 0 Å². The maximum atomic E-state index is 5.79. The van der Waals surface area contributed by atoms with E-state index in [0.29, 0.717) is 6.10 Å². The SMILES string of the molecule is CC(C)CC(C)OCCCCCCCCCBr. The number of hydrogen-bond acceptors (Lipinski definition) is 1. The van der Waals surface area contributed by atoms with Gasteiger partial charge in [-0.1, -0.05) is 61.9 Å². The number of hydrogen-bond donors (Lipinski definition) is 0. The van der Waals surface area contributed by atoms with Crippen molar-refractivity contribution in [2.75, 3.05) is 11.9 Å². The van der Waals surface area contributed by atoms with Crippen LogP contribution in [0.4, 0.5) is 0 Å². The van der Waals surface area contributed by atoms with Crippen LogP contribution >= 0.6 is 15.9 Å². The van der Waals surface area contributed by atoms with Gasteiger partial charge in [-0.2, -0.15) is 0 Å². The zero-order valence-electron chi connectivity index (χ0n) is 12.0. The van der Waals surface area contributed by atoms with Crippen molar-refractivity contribution in [1.29, 1.82) is 0 Å². The van der Waals surface area contributed by atoms with Crippen LogP contribution in [-0.4, -0.2) is 18.0 Å². The lowest BCUT2D eigenvalue weighted by Gasteiger charge is -2.14. The molecular weight excluding hydrogens is 276 g/mol. The molecule has 0 aromatic carbocycles. The van der Waals surface area contributed by atoms with E-state index in [-0.39, 0.29) is 0 Å². The van der Waals surface area contributed by atoms with Crippen molar-refractivity contribution in [3.05, 3.63) is 0 Å². The Labute approximate surface area is 117 Å². The second kappa shape index (κ2) is 12.9. The van der Waals surface area contributed by atoms with Crippen LogP contribution in [0, 0.1) is 5.92 Å². The van der Waals surface area contributed by atoms with Crippen molar-refractivity contribution >= 4 is 15.9 Å². The molecule has 0 fully saturated rings. The van der Waals surface area contributed by atoms with Gasteiger partial charge < -0.3 is 4.74 Å². The predicted octanol–water partition coefficient (Wildman–Crippen LogP) is 5.56. The van der Waals surface area contributed by atoms with Crippen molar-refractivity contribution < 1.29 is 4.74 Å². The van der Waals surface area contributed by atoms with E-state index < -0.39 is 0 Å². The van der Waals surface area contributed by atoms with Crippen LogP contribution in [0.15, 0.2) is 0 Å². The first-order valence-corrected chi connectivity index (χ1v) is 8.46. The molecule has 0 aromatic rings. The second-order valence-corrected chi connectivity index (χ2v) is 6.27. The first kappa shape index (κ1) is 17.4. The summed E-state index contributed by atoms with van der Waals surface area (Å²) in [5.74, 6) is 0.749. The summed E-state index contributed by atoms with van der Waals surface area (Å²) < 4.78 is 5.79. The number of halogens is 1. The molecule has 1 nitrogen and oxygen atoms in total. The molecule has 0 bridgehead atoms. The van der Waals surface area contributed by atoms with E-state index in [1.54, 1.807) is 0 Å². The third-order valence-corrected chi connectivity index (χ3v) is 3.54. The summed E-state index contributed by atoms with van der Waals surface area (Å²) in [6, 6.07) is 0. The largest absolute Gasteiger partial charge is 0.379 e. The molecule has 1 unspecified atom stereocenters. The fourth-order valence-electron chi connectivity index (χ4n) is 2.10. The Hall–Kier alpha value is 0.440. The lowest BCUT2D eigenvalue weighted by molar-refractivity contribution is 0.0494. The summed E-state index contributed by atoms with van der Waals surface area (Å²) >= 11 is 3.47. The zero-order valence-corrected chi connectivity index (χ0v) is 13.6. The highest BCUT2D eigenvalue weighted by Gasteiger charge is 2.04. The summed E-state index contributed by atoms with van der Waals surface area (Å²) in [6.07, 6.45) is 11.1. The quantitative estimate of drug-likeness (QED) is 0.338. The van der Waals surface area contributed by atoms with Crippen LogP contribution in [0.25, 0.3) is 0 Å². The van der Waals surface area contributed by atoms with Gasteiger partial charge in [-0.15, -0.1) is 0 Å². The summed E-state index contributed by atoms with van der Waals surface area (Å²) in [5, 5.41) is 1.16. The number of rotatable bonds is 12. The smallest absolute Gasteiger partial charge is 0.0549 e. The zero-order chi connectivity index (χ0) is 12.9.